The molecule has 0 atom stereocenters. The summed E-state index contributed by atoms with van der Waals surface area (Å²) in [6.45, 7) is 0. The van der Waals surface area contributed by atoms with Gasteiger partial charge in [-0.2, -0.15) is 0 Å². The summed E-state index contributed by atoms with van der Waals surface area (Å²) in [6, 6.07) is 72.2. The van der Waals surface area contributed by atoms with Crippen molar-refractivity contribution in [1.29, 1.82) is 0 Å². The number of hydrogen-bond donors (Lipinski definition) is 0. The molecule has 0 amide bonds. The molecule has 3 aromatic heterocycles. The number of rotatable bonds is 5. The summed E-state index contributed by atoms with van der Waals surface area (Å²) in [4.78, 5) is 11.2. The van der Waals surface area contributed by atoms with Gasteiger partial charge < -0.3 is 0 Å². The normalized spacial score (nSPS) is 13.1. The molecule has 0 radical (unpaired) electrons. The van der Waals surface area contributed by atoms with E-state index in [1.54, 1.807) is 0 Å². The van der Waals surface area contributed by atoms with E-state index in [9.17, 15) is 0 Å². The van der Waals surface area contributed by atoms with Gasteiger partial charge in [0.25, 0.3) is 0 Å². The molecule has 4 nitrogen and oxygen atoms in total. The molecule has 57 heavy (non-hydrogen) atoms. The predicted molar refractivity (Wildman–Crippen MR) is 237 cm³/mol. The number of aromatic nitrogens is 3. The Hall–Kier alpha value is -7.02. The molecular formula is C52H33GeN3O. The van der Waals surface area contributed by atoms with Crippen LogP contribution >= 0.6 is 0 Å². The molecule has 11 aromatic rings. The van der Waals surface area contributed by atoms with Gasteiger partial charge in [0, 0.05) is 0 Å². The van der Waals surface area contributed by atoms with Crippen molar-refractivity contribution in [2.75, 3.05) is 0 Å². The van der Waals surface area contributed by atoms with Crippen molar-refractivity contribution in [3.63, 3.8) is 0 Å². The Kier molecular flexibility index (Phi) is 7.07. The van der Waals surface area contributed by atoms with Crippen LogP contribution in [0.5, 0.6) is 0 Å². The maximum atomic E-state index is 6.46. The number of benzene rings is 8. The first kappa shape index (κ1) is 32.2. The molecule has 0 unspecified atom stereocenters. The molecule has 0 bridgehead atoms. The van der Waals surface area contributed by atoms with E-state index in [-0.39, 0.29) is 0 Å². The third kappa shape index (κ3) is 4.68. The standard InChI is InChI=1S/C52H33GeN3O/c1-4-17-34(18-5-1)52-54-50(49-51(55-52)41-27-10-13-28-44(41)53(49,36-20-6-2-7-21-36)37-22-8-3-9-23-37)35-19-16-24-38(31-35)56-45-29-14-11-25-39(45)42-32-43-40-26-12-15-30-47(40)57-48(43)33-46(42)56/h1-33H. The zero-order valence-electron chi connectivity index (χ0n) is 30.8. The minimum atomic E-state index is -3.73. The topological polar surface area (TPSA) is 43.9 Å². The molecule has 1 aliphatic heterocycles. The van der Waals surface area contributed by atoms with E-state index < -0.39 is 13.3 Å². The number of hydrogen-bond acceptors (Lipinski definition) is 3. The van der Waals surface area contributed by atoms with Gasteiger partial charge in [0.15, 0.2) is 0 Å². The third-order valence-electron chi connectivity index (χ3n) is 11.9. The zero-order valence-corrected chi connectivity index (χ0v) is 32.9. The Bertz CT molecular complexity index is 3310. The van der Waals surface area contributed by atoms with E-state index in [2.05, 4.69) is 187 Å². The number of para-hydroxylation sites is 2. The predicted octanol–water partition coefficient (Wildman–Crippen LogP) is 10.2. The summed E-state index contributed by atoms with van der Waals surface area (Å²) < 4.78 is 14.2. The van der Waals surface area contributed by atoms with Crippen LogP contribution in [0, 0.1) is 0 Å². The van der Waals surface area contributed by atoms with E-state index >= 15 is 0 Å². The van der Waals surface area contributed by atoms with Gasteiger partial charge in [0.05, 0.1) is 0 Å². The Morgan fingerprint density at radius 3 is 1.84 bits per heavy atom. The first-order chi connectivity index (χ1) is 28.3. The monoisotopic (exact) mass is 789 g/mol. The summed E-state index contributed by atoms with van der Waals surface area (Å²) in [5.41, 5.74) is 10.4. The molecule has 5 heteroatoms. The van der Waals surface area contributed by atoms with Gasteiger partial charge in [-0.1, -0.05) is 12.1 Å². The van der Waals surface area contributed by atoms with Gasteiger partial charge in [0.1, 0.15) is 0 Å². The second-order valence-corrected chi connectivity index (χ2v) is 22.6. The van der Waals surface area contributed by atoms with Gasteiger partial charge in [0.2, 0.25) is 0 Å². The van der Waals surface area contributed by atoms with Gasteiger partial charge in [-0.25, -0.2) is 0 Å². The van der Waals surface area contributed by atoms with Crippen LogP contribution in [-0.2, 0) is 0 Å². The number of nitrogens with zero attached hydrogens (tertiary/aromatic N) is 3. The van der Waals surface area contributed by atoms with E-state index in [0.29, 0.717) is 0 Å². The summed E-state index contributed by atoms with van der Waals surface area (Å²) in [5, 5.41) is 4.66. The molecule has 266 valence electrons. The molecule has 0 saturated heterocycles. The SMILES string of the molecule is c1ccc(-c2nc(-c3cccc(-n4c5ccccc5c5cc6c(cc54)oc4ccccc46)c3)[c]3c(n2)-c2cccc[c]2[Ge]3([c]2ccccc2)[c]2ccccc2)cc1. The molecule has 0 N–H and O–H groups in total. The summed E-state index contributed by atoms with van der Waals surface area (Å²) in [6.07, 6.45) is 0. The van der Waals surface area contributed by atoms with Crippen LogP contribution in [0.25, 0.3) is 83.3 Å². The Morgan fingerprint density at radius 1 is 0.421 bits per heavy atom. The van der Waals surface area contributed by atoms with Crippen molar-refractivity contribution in [3.8, 4) is 39.6 Å². The summed E-state index contributed by atoms with van der Waals surface area (Å²) >= 11 is -3.73. The molecule has 8 aromatic carbocycles. The van der Waals surface area contributed by atoms with Crippen LogP contribution in [0.3, 0.4) is 0 Å². The van der Waals surface area contributed by atoms with Crippen molar-refractivity contribution in [2.24, 2.45) is 0 Å². The first-order valence-corrected chi connectivity index (χ1v) is 23.6. The maximum absolute atomic E-state index is 6.46. The van der Waals surface area contributed by atoms with Crippen LogP contribution in [0.15, 0.2) is 205 Å². The fraction of sp³-hybridized carbons (Fsp3) is 0. The van der Waals surface area contributed by atoms with E-state index in [1.165, 1.54) is 33.9 Å². The molecule has 1 aliphatic rings. The van der Waals surface area contributed by atoms with Crippen molar-refractivity contribution in [3.05, 3.63) is 200 Å². The summed E-state index contributed by atoms with van der Waals surface area (Å²) in [5.74, 6) is 0.730. The van der Waals surface area contributed by atoms with E-state index in [1.807, 2.05) is 18.2 Å². The van der Waals surface area contributed by atoms with Gasteiger partial charge in [-0.3, -0.25) is 0 Å². The third-order valence-corrected chi connectivity index (χ3v) is 22.1. The van der Waals surface area contributed by atoms with E-state index in [0.717, 1.165) is 67.0 Å². The molecule has 0 aliphatic carbocycles. The molecule has 12 rings (SSSR count). The first-order valence-electron chi connectivity index (χ1n) is 19.4. The average molecular weight is 788 g/mol. The second-order valence-electron chi connectivity index (χ2n) is 14.9. The molecule has 4 heterocycles. The quantitative estimate of drug-likeness (QED) is 0.163. The van der Waals surface area contributed by atoms with Gasteiger partial charge in [-0.05, 0) is 0 Å². The van der Waals surface area contributed by atoms with Crippen LogP contribution < -0.4 is 17.6 Å². The number of furan rings is 1. The van der Waals surface area contributed by atoms with E-state index in [4.69, 9.17) is 14.4 Å². The molecule has 0 saturated carbocycles. The number of fused-ring (bicyclic) bond motifs is 9. The Morgan fingerprint density at radius 2 is 1.05 bits per heavy atom. The Balaban J connectivity index is 1.18. The fourth-order valence-corrected chi connectivity index (χ4v) is 20.5. The van der Waals surface area contributed by atoms with Crippen molar-refractivity contribution in [2.45, 2.75) is 0 Å². The molecular weight excluding hydrogens is 755 g/mol. The average Bonchev–Trinajstić information content (AvgIpc) is 3.92. The van der Waals surface area contributed by atoms with Crippen LogP contribution in [0.1, 0.15) is 0 Å². The van der Waals surface area contributed by atoms with Crippen LogP contribution in [0.4, 0.5) is 0 Å². The van der Waals surface area contributed by atoms with Crippen LogP contribution in [0.2, 0.25) is 0 Å². The van der Waals surface area contributed by atoms with Crippen LogP contribution in [-0.4, -0.2) is 27.8 Å². The van der Waals surface area contributed by atoms with Gasteiger partial charge >= 0.3 is 321 Å². The fourth-order valence-electron chi connectivity index (χ4n) is 9.49. The van der Waals surface area contributed by atoms with Crippen molar-refractivity contribution in [1.82, 2.24) is 14.5 Å². The van der Waals surface area contributed by atoms with Crippen molar-refractivity contribution < 1.29 is 4.42 Å². The summed E-state index contributed by atoms with van der Waals surface area (Å²) in [7, 11) is 0. The van der Waals surface area contributed by atoms with Crippen molar-refractivity contribution >= 4 is 74.6 Å². The molecule has 0 spiro atoms. The zero-order chi connectivity index (χ0) is 37.5. The molecule has 0 fully saturated rings. The van der Waals surface area contributed by atoms with Gasteiger partial charge in [-0.15, -0.1) is 0 Å². The second kappa shape index (κ2) is 12.5. The Labute approximate surface area is 331 Å². The minimum absolute atomic E-state index is 0.730.